The molecule has 0 aliphatic heterocycles. The molecular weight excluding hydrogens is 297 g/mol. The Kier molecular flexibility index (Phi) is 5.17. The van der Waals surface area contributed by atoms with E-state index in [1.165, 1.54) is 4.90 Å². The number of hydrogen-bond donors (Lipinski definition) is 1. The molecule has 0 fully saturated rings. The van der Waals surface area contributed by atoms with Crippen molar-refractivity contribution in [2.45, 2.75) is 17.9 Å². The standard InChI is InChI=1S/C15H15Cl2NS/c1-2-19-12-6-3-10(4-7-12)15(18)13-9-11(16)5-8-14(13)17/h3-9,15H,2,18H2,1H3. The van der Waals surface area contributed by atoms with Crippen LogP contribution in [0.25, 0.3) is 0 Å². The average Bonchev–Trinajstić information content (AvgIpc) is 2.42. The largest absolute Gasteiger partial charge is 0.320 e. The van der Waals surface area contributed by atoms with Crippen LogP contribution in [0.5, 0.6) is 0 Å². The van der Waals surface area contributed by atoms with Crippen molar-refractivity contribution in [3.8, 4) is 0 Å². The van der Waals surface area contributed by atoms with E-state index in [1.807, 2.05) is 30.0 Å². The molecule has 0 saturated heterocycles. The summed E-state index contributed by atoms with van der Waals surface area (Å²) in [6.07, 6.45) is 0. The van der Waals surface area contributed by atoms with Crippen LogP contribution in [0, 0.1) is 0 Å². The zero-order valence-corrected chi connectivity index (χ0v) is 12.9. The Morgan fingerprint density at radius 1 is 1.11 bits per heavy atom. The molecule has 0 aliphatic carbocycles. The molecule has 0 radical (unpaired) electrons. The minimum Gasteiger partial charge on any atom is -0.320 e. The van der Waals surface area contributed by atoms with Gasteiger partial charge in [-0.2, -0.15) is 0 Å². The van der Waals surface area contributed by atoms with Crippen LogP contribution in [0.3, 0.4) is 0 Å². The number of nitrogens with two attached hydrogens (primary N) is 1. The van der Waals surface area contributed by atoms with Crippen LogP contribution < -0.4 is 5.73 Å². The number of thioether (sulfide) groups is 1. The van der Waals surface area contributed by atoms with Crippen LogP contribution in [0.1, 0.15) is 24.1 Å². The minimum absolute atomic E-state index is 0.258. The Labute approximate surface area is 128 Å². The van der Waals surface area contributed by atoms with E-state index >= 15 is 0 Å². The zero-order chi connectivity index (χ0) is 13.8. The predicted molar refractivity (Wildman–Crippen MR) is 85.3 cm³/mol. The van der Waals surface area contributed by atoms with E-state index in [9.17, 15) is 0 Å². The van der Waals surface area contributed by atoms with Crippen molar-refractivity contribution in [2.75, 3.05) is 5.75 Å². The van der Waals surface area contributed by atoms with Gasteiger partial charge in [0.1, 0.15) is 0 Å². The first-order valence-corrected chi connectivity index (χ1v) is 7.79. The van der Waals surface area contributed by atoms with Crippen LogP contribution in [0.2, 0.25) is 10.0 Å². The van der Waals surface area contributed by atoms with E-state index < -0.39 is 0 Å². The summed E-state index contributed by atoms with van der Waals surface area (Å²) in [6.45, 7) is 2.13. The molecular formula is C15H15Cl2NS. The van der Waals surface area contributed by atoms with Gasteiger partial charge >= 0.3 is 0 Å². The topological polar surface area (TPSA) is 26.0 Å². The van der Waals surface area contributed by atoms with Gasteiger partial charge in [0, 0.05) is 14.9 Å². The second kappa shape index (κ2) is 6.67. The summed E-state index contributed by atoms with van der Waals surface area (Å²) >= 11 is 14.0. The van der Waals surface area contributed by atoms with Crippen LogP contribution in [0.4, 0.5) is 0 Å². The molecule has 1 atom stereocenters. The van der Waals surface area contributed by atoms with Crippen molar-refractivity contribution >= 4 is 35.0 Å². The first-order valence-electron chi connectivity index (χ1n) is 6.05. The predicted octanol–water partition coefficient (Wildman–Crippen LogP) is 5.15. The minimum atomic E-state index is -0.258. The lowest BCUT2D eigenvalue weighted by Crippen LogP contribution is -2.12. The Morgan fingerprint density at radius 3 is 2.42 bits per heavy atom. The first-order chi connectivity index (χ1) is 9.11. The lowest BCUT2D eigenvalue weighted by atomic mass is 10.00. The maximum absolute atomic E-state index is 6.26. The Hall–Kier alpha value is -0.670. The molecule has 0 heterocycles. The molecule has 2 N–H and O–H groups in total. The summed E-state index contributed by atoms with van der Waals surface area (Å²) < 4.78 is 0. The number of benzene rings is 2. The summed E-state index contributed by atoms with van der Waals surface area (Å²) in [5.41, 5.74) is 8.14. The van der Waals surface area contributed by atoms with Crippen molar-refractivity contribution in [2.24, 2.45) is 5.73 Å². The molecule has 2 aromatic carbocycles. The third-order valence-corrected chi connectivity index (χ3v) is 4.32. The van der Waals surface area contributed by atoms with Crippen molar-refractivity contribution in [1.29, 1.82) is 0 Å². The Morgan fingerprint density at radius 2 is 1.79 bits per heavy atom. The van der Waals surface area contributed by atoms with E-state index in [0.29, 0.717) is 10.0 Å². The molecule has 0 aliphatic rings. The van der Waals surface area contributed by atoms with E-state index in [4.69, 9.17) is 28.9 Å². The highest BCUT2D eigenvalue weighted by Crippen LogP contribution is 2.30. The molecule has 2 rings (SSSR count). The maximum atomic E-state index is 6.26. The molecule has 100 valence electrons. The highest BCUT2D eigenvalue weighted by Gasteiger charge is 2.13. The van der Waals surface area contributed by atoms with Gasteiger partial charge in [-0.25, -0.2) is 0 Å². The molecule has 1 unspecified atom stereocenters. The maximum Gasteiger partial charge on any atom is 0.0566 e. The summed E-state index contributed by atoms with van der Waals surface area (Å²) in [6, 6.07) is 13.4. The molecule has 0 saturated carbocycles. The van der Waals surface area contributed by atoms with Crippen molar-refractivity contribution in [3.63, 3.8) is 0 Å². The van der Waals surface area contributed by atoms with Crippen LogP contribution in [-0.4, -0.2) is 5.75 Å². The molecule has 1 nitrogen and oxygen atoms in total. The van der Waals surface area contributed by atoms with Gasteiger partial charge in [0.25, 0.3) is 0 Å². The fourth-order valence-electron chi connectivity index (χ4n) is 1.87. The average molecular weight is 312 g/mol. The quantitative estimate of drug-likeness (QED) is 0.790. The monoisotopic (exact) mass is 311 g/mol. The van der Waals surface area contributed by atoms with Gasteiger partial charge in [0.05, 0.1) is 6.04 Å². The van der Waals surface area contributed by atoms with Crippen molar-refractivity contribution in [3.05, 3.63) is 63.6 Å². The summed E-state index contributed by atoms with van der Waals surface area (Å²) in [5.74, 6) is 1.06. The summed E-state index contributed by atoms with van der Waals surface area (Å²) in [5, 5.41) is 1.29. The highest BCUT2D eigenvalue weighted by molar-refractivity contribution is 7.99. The van der Waals surface area contributed by atoms with Gasteiger partial charge in [-0.05, 0) is 47.2 Å². The number of hydrogen-bond acceptors (Lipinski definition) is 2. The smallest absolute Gasteiger partial charge is 0.0566 e. The fourth-order valence-corrected chi connectivity index (χ4v) is 2.95. The molecule has 19 heavy (non-hydrogen) atoms. The number of halogens is 2. The first kappa shape index (κ1) is 14.7. The van der Waals surface area contributed by atoms with Gasteiger partial charge in [0.2, 0.25) is 0 Å². The van der Waals surface area contributed by atoms with Gasteiger partial charge in [-0.15, -0.1) is 11.8 Å². The molecule has 4 heteroatoms. The Balaban J connectivity index is 2.27. The van der Waals surface area contributed by atoms with Gasteiger partial charge in [0.15, 0.2) is 0 Å². The molecule has 2 aromatic rings. The third kappa shape index (κ3) is 3.67. The normalized spacial score (nSPS) is 12.4. The molecule has 0 bridgehead atoms. The summed E-state index contributed by atoms with van der Waals surface area (Å²) in [7, 11) is 0. The van der Waals surface area contributed by atoms with Gasteiger partial charge in [-0.3, -0.25) is 0 Å². The number of rotatable bonds is 4. The second-order valence-corrected chi connectivity index (χ2v) is 6.33. The van der Waals surface area contributed by atoms with Crippen molar-refractivity contribution in [1.82, 2.24) is 0 Å². The summed E-state index contributed by atoms with van der Waals surface area (Å²) in [4.78, 5) is 1.25. The molecule has 0 aromatic heterocycles. The van der Waals surface area contributed by atoms with Crippen LogP contribution in [-0.2, 0) is 0 Å². The fraction of sp³-hybridized carbons (Fsp3) is 0.200. The van der Waals surface area contributed by atoms with E-state index in [2.05, 4.69) is 19.1 Å². The lowest BCUT2D eigenvalue weighted by molar-refractivity contribution is 0.870. The molecule has 0 spiro atoms. The van der Waals surface area contributed by atoms with E-state index in [0.717, 1.165) is 16.9 Å². The van der Waals surface area contributed by atoms with Gasteiger partial charge < -0.3 is 5.73 Å². The molecule has 0 amide bonds. The third-order valence-electron chi connectivity index (χ3n) is 2.84. The zero-order valence-electron chi connectivity index (χ0n) is 10.6. The van der Waals surface area contributed by atoms with Crippen LogP contribution >= 0.6 is 35.0 Å². The van der Waals surface area contributed by atoms with E-state index in [-0.39, 0.29) is 6.04 Å². The Bertz CT molecular complexity index is 555. The van der Waals surface area contributed by atoms with Gasteiger partial charge in [-0.1, -0.05) is 42.3 Å². The van der Waals surface area contributed by atoms with E-state index in [1.54, 1.807) is 12.1 Å². The second-order valence-electron chi connectivity index (χ2n) is 4.15. The highest BCUT2D eigenvalue weighted by atomic mass is 35.5. The van der Waals surface area contributed by atoms with Crippen molar-refractivity contribution < 1.29 is 0 Å². The lowest BCUT2D eigenvalue weighted by Gasteiger charge is -2.15. The van der Waals surface area contributed by atoms with Crippen LogP contribution in [0.15, 0.2) is 47.4 Å². The SMILES string of the molecule is CCSc1ccc(C(N)c2cc(Cl)ccc2Cl)cc1.